The zero-order valence-electron chi connectivity index (χ0n) is 19.4. The van der Waals surface area contributed by atoms with E-state index in [0.29, 0.717) is 24.9 Å². The number of hydrogen-bond acceptors (Lipinski definition) is 4. The van der Waals surface area contributed by atoms with E-state index in [1.807, 2.05) is 25.1 Å². The number of nitrogens with zero attached hydrogens (tertiary/aromatic N) is 1. The molecule has 0 spiro atoms. The summed E-state index contributed by atoms with van der Waals surface area (Å²) in [4.78, 5) is 15.6. The van der Waals surface area contributed by atoms with Crippen LogP contribution in [0.5, 0.6) is 11.5 Å². The van der Waals surface area contributed by atoms with Crippen LogP contribution in [-0.4, -0.2) is 31.1 Å². The minimum atomic E-state index is -0.501. The number of carbonyl (C=O) groups is 1. The third-order valence-electron chi connectivity index (χ3n) is 5.31. The molecule has 2 aromatic rings. The standard InChI is InChI=1S/C25H34N4O3.HI/c1-3-27-25(28-15-19-7-6-10-22(14-19)31-17-24(26)30)29-16-20-12-11-18(2)13-23(20)32-21-8-4-5-9-21;/h6-7,10-14,21H,3-5,8-9,15-17H2,1-2H3,(H2,26,30)(H2,27,28,29);1H. The Kier molecular flexibility index (Phi) is 11.3. The van der Waals surface area contributed by atoms with Crippen molar-refractivity contribution in [1.29, 1.82) is 0 Å². The van der Waals surface area contributed by atoms with Crippen molar-refractivity contribution >= 4 is 35.8 Å². The summed E-state index contributed by atoms with van der Waals surface area (Å²) in [5.41, 5.74) is 8.44. The fourth-order valence-corrected chi connectivity index (χ4v) is 3.68. The van der Waals surface area contributed by atoms with Crippen molar-refractivity contribution in [3.63, 3.8) is 0 Å². The molecule has 180 valence electrons. The van der Waals surface area contributed by atoms with Crippen LogP contribution in [0.15, 0.2) is 47.5 Å². The van der Waals surface area contributed by atoms with E-state index in [0.717, 1.165) is 42.2 Å². The van der Waals surface area contributed by atoms with E-state index in [4.69, 9.17) is 20.2 Å². The van der Waals surface area contributed by atoms with Gasteiger partial charge in [0.2, 0.25) is 0 Å². The maximum absolute atomic E-state index is 10.9. The lowest BCUT2D eigenvalue weighted by Gasteiger charge is -2.18. The van der Waals surface area contributed by atoms with Crippen molar-refractivity contribution in [2.75, 3.05) is 13.2 Å². The van der Waals surface area contributed by atoms with Crippen LogP contribution >= 0.6 is 24.0 Å². The Hall–Kier alpha value is -2.49. The van der Waals surface area contributed by atoms with Gasteiger partial charge >= 0.3 is 0 Å². The first-order chi connectivity index (χ1) is 15.5. The Morgan fingerprint density at radius 2 is 1.94 bits per heavy atom. The number of aliphatic imine (C=N–C) groups is 1. The van der Waals surface area contributed by atoms with Gasteiger partial charge in [-0.1, -0.05) is 24.3 Å². The van der Waals surface area contributed by atoms with Crippen LogP contribution < -0.4 is 25.8 Å². The maximum Gasteiger partial charge on any atom is 0.255 e. The SMILES string of the molecule is CCNC(=NCc1cccc(OCC(N)=O)c1)NCc1ccc(C)cc1OC1CCCC1.I. The van der Waals surface area contributed by atoms with E-state index in [2.05, 4.69) is 35.8 Å². The van der Waals surface area contributed by atoms with Crippen molar-refractivity contribution in [2.24, 2.45) is 10.7 Å². The lowest BCUT2D eigenvalue weighted by atomic mass is 10.1. The van der Waals surface area contributed by atoms with E-state index < -0.39 is 5.91 Å². The van der Waals surface area contributed by atoms with Crippen molar-refractivity contribution in [2.45, 2.75) is 58.7 Å². The van der Waals surface area contributed by atoms with Crippen LogP contribution in [0, 0.1) is 6.92 Å². The van der Waals surface area contributed by atoms with Gasteiger partial charge in [-0.15, -0.1) is 24.0 Å². The van der Waals surface area contributed by atoms with Crippen LogP contribution in [-0.2, 0) is 17.9 Å². The van der Waals surface area contributed by atoms with Gasteiger partial charge in [-0.05, 0) is 68.9 Å². The fraction of sp³-hybridized carbons (Fsp3) is 0.440. The number of amides is 1. The monoisotopic (exact) mass is 566 g/mol. The van der Waals surface area contributed by atoms with E-state index >= 15 is 0 Å². The molecule has 0 atom stereocenters. The molecular weight excluding hydrogens is 531 g/mol. The topological polar surface area (TPSA) is 98.0 Å². The van der Waals surface area contributed by atoms with Crippen molar-refractivity contribution in [3.8, 4) is 11.5 Å². The van der Waals surface area contributed by atoms with E-state index in [9.17, 15) is 4.79 Å². The minimum absolute atomic E-state index is 0. The number of aryl methyl sites for hydroxylation is 1. The third-order valence-corrected chi connectivity index (χ3v) is 5.31. The minimum Gasteiger partial charge on any atom is -0.490 e. The van der Waals surface area contributed by atoms with Crippen LogP contribution in [0.3, 0.4) is 0 Å². The molecule has 0 unspecified atom stereocenters. The summed E-state index contributed by atoms with van der Waals surface area (Å²) in [7, 11) is 0. The summed E-state index contributed by atoms with van der Waals surface area (Å²) in [6.45, 7) is 5.84. The van der Waals surface area contributed by atoms with Gasteiger partial charge in [0.1, 0.15) is 11.5 Å². The molecule has 0 bridgehead atoms. The molecule has 0 radical (unpaired) electrons. The first-order valence-corrected chi connectivity index (χ1v) is 11.3. The lowest BCUT2D eigenvalue weighted by molar-refractivity contribution is -0.119. The van der Waals surface area contributed by atoms with Crippen LogP contribution in [0.25, 0.3) is 0 Å². The molecule has 3 rings (SSSR count). The molecule has 0 aliphatic heterocycles. The first-order valence-electron chi connectivity index (χ1n) is 11.3. The second-order valence-electron chi connectivity index (χ2n) is 8.09. The Labute approximate surface area is 213 Å². The molecule has 0 aromatic heterocycles. The average Bonchev–Trinajstić information content (AvgIpc) is 3.29. The number of rotatable bonds is 10. The summed E-state index contributed by atoms with van der Waals surface area (Å²) < 4.78 is 11.7. The highest BCUT2D eigenvalue weighted by atomic mass is 127. The van der Waals surface area contributed by atoms with Crippen molar-refractivity contribution in [1.82, 2.24) is 10.6 Å². The molecule has 1 aliphatic rings. The zero-order valence-corrected chi connectivity index (χ0v) is 21.8. The maximum atomic E-state index is 10.9. The van der Waals surface area contributed by atoms with Gasteiger partial charge < -0.3 is 25.8 Å². The quantitative estimate of drug-likeness (QED) is 0.229. The first kappa shape index (κ1) is 26.8. The largest absolute Gasteiger partial charge is 0.490 e. The Morgan fingerprint density at radius 3 is 2.67 bits per heavy atom. The predicted octanol–water partition coefficient (Wildman–Crippen LogP) is 4.05. The number of nitrogens with two attached hydrogens (primary N) is 1. The van der Waals surface area contributed by atoms with Crippen molar-refractivity contribution in [3.05, 3.63) is 59.2 Å². The zero-order chi connectivity index (χ0) is 22.8. The second-order valence-corrected chi connectivity index (χ2v) is 8.09. The lowest BCUT2D eigenvalue weighted by Crippen LogP contribution is -2.37. The van der Waals surface area contributed by atoms with Crippen molar-refractivity contribution < 1.29 is 14.3 Å². The number of halogens is 1. The Balaban J connectivity index is 0.00000385. The number of hydrogen-bond donors (Lipinski definition) is 3. The Morgan fingerprint density at radius 1 is 1.15 bits per heavy atom. The highest BCUT2D eigenvalue weighted by Crippen LogP contribution is 2.27. The molecule has 1 fully saturated rings. The summed E-state index contributed by atoms with van der Waals surface area (Å²) >= 11 is 0. The normalized spacial score (nSPS) is 13.8. The summed E-state index contributed by atoms with van der Waals surface area (Å²) in [6.07, 6.45) is 5.08. The number of benzene rings is 2. The predicted molar refractivity (Wildman–Crippen MR) is 142 cm³/mol. The second kappa shape index (κ2) is 13.9. The molecule has 1 aliphatic carbocycles. The molecule has 33 heavy (non-hydrogen) atoms. The molecular formula is C25H35IN4O3. The highest BCUT2D eigenvalue weighted by Gasteiger charge is 2.18. The third kappa shape index (κ3) is 9.11. The number of guanidine groups is 1. The van der Waals surface area contributed by atoms with Gasteiger partial charge in [-0.3, -0.25) is 4.79 Å². The van der Waals surface area contributed by atoms with E-state index in [-0.39, 0.29) is 30.6 Å². The van der Waals surface area contributed by atoms with Gasteiger partial charge in [0.15, 0.2) is 12.6 Å². The van der Waals surface area contributed by atoms with Gasteiger partial charge in [-0.25, -0.2) is 4.99 Å². The van der Waals surface area contributed by atoms with E-state index in [1.54, 1.807) is 6.07 Å². The number of primary amides is 1. The van der Waals surface area contributed by atoms with Gasteiger partial charge in [-0.2, -0.15) is 0 Å². The molecule has 7 nitrogen and oxygen atoms in total. The molecule has 0 heterocycles. The molecule has 1 saturated carbocycles. The van der Waals surface area contributed by atoms with Gasteiger partial charge in [0.25, 0.3) is 5.91 Å². The van der Waals surface area contributed by atoms with Gasteiger partial charge in [0, 0.05) is 18.7 Å². The highest BCUT2D eigenvalue weighted by molar-refractivity contribution is 14.0. The molecule has 4 N–H and O–H groups in total. The Bertz CT molecular complexity index is 930. The number of carbonyl (C=O) groups excluding carboxylic acids is 1. The van der Waals surface area contributed by atoms with Crippen LogP contribution in [0.2, 0.25) is 0 Å². The molecule has 8 heteroatoms. The number of nitrogens with one attached hydrogen (secondary N) is 2. The summed E-state index contributed by atoms with van der Waals surface area (Å²) in [6, 6.07) is 13.9. The molecule has 0 saturated heterocycles. The average molecular weight is 566 g/mol. The van der Waals surface area contributed by atoms with Crippen LogP contribution in [0.4, 0.5) is 0 Å². The smallest absolute Gasteiger partial charge is 0.255 e. The number of ether oxygens (including phenoxy) is 2. The summed E-state index contributed by atoms with van der Waals surface area (Å²) in [5.74, 6) is 1.78. The van der Waals surface area contributed by atoms with Gasteiger partial charge in [0.05, 0.1) is 12.6 Å². The molecule has 2 aromatic carbocycles. The van der Waals surface area contributed by atoms with Crippen LogP contribution in [0.1, 0.15) is 49.3 Å². The molecule has 1 amide bonds. The fourth-order valence-electron chi connectivity index (χ4n) is 3.68. The van der Waals surface area contributed by atoms with E-state index in [1.165, 1.54) is 18.4 Å². The summed E-state index contributed by atoms with van der Waals surface area (Å²) in [5, 5.41) is 6.70.